The highest BCUT2D eigenvalue weighted by atomic mass is 16.2. The average Bonchev–Trinajstić information content (AvgIpc) is 2.39. The van der Waals surface area contributed by atoms with E-state index >= 15 is 0 Å². The van der Waals surface area contributed by atoms with Crippen LogP contribution >= 0.6 is 0 Å². The first kappa shape index (κ1) is 14.1. The Bertz CT molecular complexity index is 416. The van der Waals surface area contributed by atoms with Gasteiger partial charge in [0.25, 0.3) is 0 Å². The van der Waals surface area contributed by atoms with Gasteiger partial charge in [0.15, 0.2) is 0 Å². The summed E-state index contributed by atoms with van der Waals surface area (Å²) in [5, 5.41) is 0. The maximum Gasteiger partial charge on any atom is 0.225 e. The van der Waals surface area contributed by atoms with E-state index in [-0.39, 0.29) is 11.8 Å². The molecule has 1 aromatic carbocycles. The van der Waals surface area contributed by atoms with E-state index in [4.69, 9.17) is 0 Å². The molecule has 1 unspecified atom stereocenters. The van der Waals surface area contributed by atoms with Gasteiger partial charge in [-0.15, -0.1) is 0 Å². The molecule has 1 aliphatic heterocycles. The molecule has 3 nitrogen and oxygen atoms in total. The van der Waals surface area contributed by atoms with Crippen LogP contribution in [-0.2, 0) is 11.2 Å². The van der Waals surface area contributed by atoms with Crippen LogP contribution in [0.25, 0.3) is 0 Å². The monoisotopic (exact) mass is 260 g/mol. The van der Waals surface area contributed by atoms with Crippen LogP contribution in [-0.4, -0.2) is 48.4 Å². The first-order chi connectivity index (χ1) is 9.08. The van der Waals surface area contributed by atoms with Crippen LogP contribution in [0.2, 0.25) is 0 Å². The molecule has 0 bridgehead atoms. The number of hydrogen-bond donors (Lipinski definition) is 0. The fourth-order valence-electron chi connectivity index (χ4n) is 2.69. The Balaban J connectivity index is 2.10. The Morgan fingerprint density at radius 3 is 2.58 bits per heavy atom. The summed E-state index contributed by atoms with van der Waals surface area (Å²) in [5.41, 5.74) is 1.31. The Kier molecular flexibility index (Phi) is 4.59. The highest BCUT2D eigenvalue weighted by molar-refractivity contribution is 5.78. The Hall–Kier alpha value is -1.35. The first-order valence-corrected chi connectivity index (χ1v) is 7.11. The van der Waals surface area contributed by atoms with Gasteiger partial charge in [0.1, 0.15) is 0 Å². The molecule has 0 N–H and O–H groups in total. The molecule has 1 atom stereocenters. The normalized spacial score (nSPS) is 20.8. The third-order valence-corrected chi connectivity index (χ3v) is 3.78. The Labute approximate surface area is 116 Å². The van der Waals surface area contributed by atoms with Gasteiger partial charge in [-0.2, -0.15) is 0 Å². The van der Waals surface area contributed by atoms with Gasteiger partial charge in [-0.3, -0.25) is 4.79 Å². The van der Waals surface area contributed by atoms with Gasteiger partial charge in [-0.05, 0) is 19.0 Å². The minimum Gasteiger partial charge on any atom is -0.337 e. The standard InChI is InChI=1S/C16H24N2O/c1-13(2)16(19)18-10-9-17(3)12-15(18)11-14-7-5-4-6-8-14/h4-8,13,15H,9-12H2,1-3H3. The molecular formula is C16H24N2O. The maximum absolute atomic E-state index is 12.3. The minimum atomic E-state index is 0.0849. The summed E-state index contributed by atoms with van der Waals surface area (Å²) >= 11 is 0. The van der Waals surface area contributed by atoms with E-state index in [2.05, 4.69) is 41.1 Å². The zero-order valence-electron chi connectivity index (χ0n) is 12.2. The molecule has 104 valence electrons. The van der Waals surface area contributed by atoms with Crippen molar-refractivity contribution in [1.29, 1.82) is 0 Å². The van der Waals surface area contributed by atoms with E-state index < -0.39 is 0 Å². The molecule has 1 fully saturated rings. The average molecular weight is 260 g/mol. The van der Waals surface area contributed by atoms with Crippen molar-refractivity contribution in [3.8, 4) is 0 Å². The lowest BCUT2D eigenvalue weighted by Gasteiger charge is -2.41. The van der Waals surface area contributed by atoms with Crippen LogP contribution in [0.5, 0.6) is 0 Å². The summed E-state index contributed by atoms with van der Waals surface area (Å²) in [6.45, 7) is 6.77. The summed E-state index contributed by atoms with van der Waals surface area (Å²) in [7, 11) is 2.13. The van der Waals surface area contributed by atoms with Crippen molar-refractivity contribution in [2.75, 3.05) is 26.7 Å². The molecule has 0 radical (unpaired) electrons. The van der Waals surface area contributed by atoms with E-state index in [0.29, 0.717) is 6.04 Å². The zero-order chi connectivity index (χ0) is 13.8. The van der Waals surface area contributed by atoms with Gasteiger partial charge in [-0.25, -0.2) is 0 Å². The number of carbonyl (C=O) groups excluding carboxylic acids is 1. The lowest BCUT2D eigenvalue weighted by molar-refractivity contribution is -0.139. The largest absolute Gasteiger partial charge is 0.337 e. The van der Waals surface area contributed by atoms with Crippen molar-refractivity contribution in [2.24, 2.45) is 5.92 Å². The molecule has 2 rings (SSSR count). The molecule has 19 heavy (non-hydrogen) atoms. The van der Waals surface area contributed by atoms with Gasteiger partial charge in [0.05, 0.1) is 0 Å². The summed E-state index contributed by atoms with van der Waals surface area (Å²) in [6.07, 6.45) is 0.948. The SMILES string of the molecule is CC(C)C(=O)N1CCN(C)CC1Cc1ccccc1. The maximum atomic E-state index is 12.3. The molecule has 1 amide bonds. The van der Waals surface area contributed by atoms with Crippen molar-refractivity contribution in [1.82, 2.24) is 9.80 Å². The highest BCUT2D eigenvalue weighted by Gasteiger charge is 2.30. The third-order valence-electron chi connectivity index (χ3n) is 3.78. The fraction of sp³-hybridized carbons (Fsp3) is 0.562. The predicted octanol–water partition coefficient (Wildman–Crippen LogP) is 2.03. The summed E-state index contributed by atoms with van der Waals surface area (Å²) in [5.74, 6) is 0.371. The van der Waals surface area contributed by atoms with E-state index in [0.717, 1.165) is 26.1 Å². The zero-order valence-corrected chi connectivity index (χ0v) is 12.2. The number of amides is 1. The summed E-state index contributed by atoms with van der Waals surface area (Å²) in [6, 6.07) is 10.8. The smallest absolute Gasteiger partial charge is 0.225 e. The number of hydrogen-bond acceptors (Lipinski definition) is 2. The van der Waals surface area contributed by atoms with E-state index in [1.807, 2.05) is 19.9 Å². The topological polar surface area (TPSA) is 23.6 Å². The van der Waals surface area contributed by atoms with Crippen molar-refractivity contribution in [2.45, 2.75) is 26.3 Å². The van der Waals surface area contributed by atoms with E-state index in [9.17, 15) is 4.79 Å². The van der Waals surface area contributed by atoms with Crippen molar-refractivity contribution in [3.63, 3.8) is 0 Å². The predicted molar refractivity (Wildman–Crippen MR) is 78.0 cm³/mol. The van der Waals surface area contributed by atoms with Crippen molar-refractivity contribution >= 4 is 5.91 Å². The molecule has 0 spiro atoms. The molecule has 1 aromatic rings. The van der Waals surface area contributed by atoms with Crippen LogP contribution in [0, 0.1) is 5.92 Å². The van der Waals surface area contributed by atoms with Crippen LogP contribution in [0.4, 0.5) is 0 Å². The molecule has 1 heterocycles. The van der Waals surface area contributed by atoms with E-state index in [1.54, 1.807) is 0 Å². The Morgan fingerprint density at radius 1 is 1.26 bits per heavy atom. The minimum absolute atomic E-state index is 0.0849. The van der Waals surface area contributed by atoms with Gasteiger partial charge in [0.2, 0.25) is 5.91 Å². The number of piperazine rings is 1. The second-order valence-corrected chi connectivity index (χ2v) is 5.79. The molecule has 1 aliphatic rings. The lowest BCUT2D eigenvalue weighted by Crippen LogP contribution is -2.55. The molecule has 0 saturated carbocycles. The second kappa shape index (κ2) is 6.20. The van der Waals surface area contributed by atoms with Gasteiger partial charge in [0, 0.05) is 31.6 Å². The van der Waals surface area contributed by atoms with Crippen LogP contribution in [0.15, 0.2) is 30.3 Å². The number of benzene rings is 1. The molecule has 1 saturated heterocycles. The van der Waals surface area contributed by atoms with Crippen LogP contribution in [0.1, 0.15) is 19.4 Å². The third kappa shape index (κ3) is 3.57. The van der Waals surface area contributed by atoms with Gasteiger partial charge < -0.3 is 9.80 Å². The number of carbonyl (C=O) groups is 1. The lowest BCUT2D eigenvalue weighted by atomic mass is 10.0. The van der Waals surface area contributed by atoms with Gasteiger partial charge >= 0.3 is 0 Å². The van der Waals surface area contributed by atoms with Crippen LogP contribution in [0.3, 0.4) is 0 Å². The van der Waals surface area contributed by atoms with Crippen LogP contribution < -0.4 is 0 Å². The number of rotatable bonds is 3. The second-order valence-electron chi connectivity index (χ2n) is 5.79. The quantitative estimate of drug-likeness (QED) is 0.830. The van der Waals surface area contributed by atoms with Gasteiger partial charge in [-0.1, -0.05) is 44.2 Å². The van der Waals surface area contributed by atoms with Crippen molar-refractivity contribution in [3.05, 3.63) is 35.9 Å². The van der Waals surface area contributed by atoms with E-state index in [1.165, 1.54) is 5.56 Å². The molecule has 3 heteroatoms. The van der Waals surface area contributed by atoms with Crippen molar-refractivity contribution < 1.29 is 4.79 Å². The summed E-state index contributed by atoms with van der Waals surface area (Å²) in [4.78, 5) is 16.7. The highest BCUT2D eigenvalue weighted by Crippen LogP contribution is 2.16. The molecule has 0 aromatic heterocycles. The molecular weight excluding hydrogens is 236 g/mol. The Morgan fingerprint density at radius 2 is 1.95 bits per heavy atom. The summed E-state index contributed by atoms with van der Waals surface area (Å²) < 4.78 is 0. The first-order valence-electron chi connectivity index (χ1n) is 7.11. The number of nitrogens with zero attached hydrogens (tertiary/aromatic N) is 2. The molecule has 0 aliphatic carbocycles. The fourth-order valence-corrected chi connectivity index (χ4v) is 2.69. The number of likely N-dealkylation sites (N-methyl/N-ethyl adjacent to an activating group) is 1.